The highest BCUT2D eigenvalue weighted by Gasteiger charge is 2.40. The van der Waals surface area contributed by atoms with E-state index >= 15 is 0 Å². The molecule has 5 nitrogen and oxygen atoms in total. The van der Waals surface area contributed by atoms with Gasteiger partial charge in [-0.2, -0.15) is 8.78 Å². The van der Waals surface area contributed by atoms with E-state index in [0.717, 1.165) is 12.3 Å². The maximum Gasteiger partial charge on any atom is 0.324 e. The fourth-order valence-electron chi connectivity index (χ4n) is 1.02. The fourth-order valence-corrected chi connectivity index (χ4v) is 1.74. The number of nitrogens with one attached hydrogen (secondary N) is 2. The number of amides is 1. The second-order valence-electron chi connectivity index (χ2n) is 3.43. The van der Waals surface area contributed by atoms with Crippen LogP contribution in [0.3, 0.4) is 0 Å². The van der Waals surface area contributed by atoms with Crippen molar-refractivity contribution in [3.8, 4) is 0 Å². The summed E-state index contributed by atoms with van der Waals surface area (Å²) in [5, 5.41) is 1.55. The Morgan fingerprint density at radius 1 is 1.47 bits per heavy atom. The van der Waals surface area contributed by atoms with Crippen LogP contribution < -0.4 is 5.32 Å². The van der Waals surface area contributed by atoms with Crippen molar-refractivity contribution in [2.24, 2.45) is 0 Å². The molecule has 0 saturated carbocycles. The van der Waals surface area contributed by atoms with Gasteiger partial charge in [-0.25, -0.2) is 17.2 Å². The van der Waals surface area contributed by atoms with Crippen LogP contribution >= 0.6 is 10.7 Å². The number of hydrogen-bond donors (Lipinski definition) is 2. The highest BCUT2D eigenvalue weighted by molar-refractivity contribution is 8.13. The maximum absolute atomic E-state index is 12.5. The first kappa shape index (κ1) is 15.8. The molecule has 2 N–H and O–H groups in total. The molecule has 1 rings (SSSR count). The van der Waals surface area contributed by atoms with E-state index in [1.807, 2.05) is 0 Å². The molecule has 108 valence electrons. The Morgan fingerprint density at radius 3 is 2.47 bits per heavy atom. The molecule has 1 heterocycles. The molecule has 0 radical (unpaired) electrons. The Morgan fingerprint density at radius 2 is 2.05 bits per heavy atom. The van der Waals surface area contributed by atoms with Crippen LogP contribution in [0.4, 0.5) is 17.6 Å². The summed E-state index contributed by atoms with van der Waals surface area (Å²) in [5.41, 5.74) is -0.399. The lowest BCUT2D eigenvalue weighted by atomic mass is 10.3. The van der Waals surface area contributed by atoms with Gasteiger partial charge < -0.3 is 10.3 Å². The fraction of sp³-hybridized carbons (Fsp3) is 0.375. The van der Waals surface area contributed by atoms with E-state index in [9.17, 15) is 30.8 Å². The van der Waals surface area contributed by atoms with Crippen LogP contribution in [0.25, 0.3) is 0 Å². The van der Waals surface area contributed by atoms with Crippen molar-refractivity contribution in [3.05, 3.63) is 18.0 Å². The normalized spacial score (nSPS) is 12.7. The molecule has 0 fully saturated rings. The Balaban J connectivity index is 2.73. The summed E-state index contributed by atoms with van der Waals surface area (Å²) in [4.78, 5) is 13.0. The van der Waals surface area contributed by atoms with Crippen molar-refractivity contribution >= 4 is 25.6 Å². The molecule has 0 aliphatic carbocycles. The van der Waals surface area contributed by atoms with Crippen molar-refractivity contribution in [2.45, 2.75) is 17.2 Å². The molecule has 0 saturated heterocycles. The van der Waals surface area contributed by atoms with Gasteiger partial charge >= 0.3 is 12.3 Å². The van der Waals surface area contributed by atoms with Crippen LogP contribution in [-0.2, 0) is 9.05 Å². The molecule has 1 amide bonds. The lowest BCUT2D eigenvalue weighted by Gasteiger charge is -2.15. The first-order valence-corrected chi connectivity index (χ1v) is 6.92. The Kier molecular flexibility index (Phi) is 4.46. The standard InChI is InChI=1S/C8H7ClF4N2O3S/c9-19(17,18)4-1-5(14-2-4)6(16)15-3-8(12,13)7(10)11/h1-2,7,14H,3H2,(H,15,16). The third-order valence-corrected chi connectivity index (χ3v) is 3.32. The summed E-state index contributed by atoms with van der Waals surface area (Å²) in [6, 6.07) is 0.790. The van der Waals surface area contributed by atoms with Crippen LogP contribution in [0.1, 0.15) is 10.5 Å². The number of rotatable bonds is 5. The molecular formula is C8H7ClF4N2O3S. The molecule has 0 bridgehead atoms. The number of halogens is 5. The van der Waals surface area contributed by atoms with E-state index in [0.29, 0.717) is 0 Å². The molecule has 1 aromatic heterocycles. The SMILES string of the molecule is O=C(NCC(F)(F)C(F)F)c1cc(S(=O)(=O)Cl)c[nH]1. The number of hydrogen-bond acceptors (Lipinski definition) is 3. The molecular weight excluding hydrogens is 316 g/mol. The van der Waals surface area contributed by atoms with Gasteiger partial charge in [-0.3, -0.25) is 4.79 Å². The van der Waals surface area contributed by atoms with Crippen molar-refractivity contribution in [2.75, 3.05) is 6.54 Å². The third-order valence-electron chi connectivity index (χ3n) is 1.99. The molecule has 0 aromatic carbocycles. The molecule has 0 spiro atoms. The Hall–Kier alpha value is -1.29. The van der Waals surface area contributed by atoms with Crippen LogP contribution in [0.5, 0.6) is 0 Å². The zero-order valence-electron chi connectivity index (χ0n) is 8.96. The second kappa shape index (κ2) is 5.37. The minimum atomic E-state index is -4.37. The number of aromatic nitrogens is 1. The quantitative estimate of drug-likeness (QED) is 0.638. The molecule has 0 unspecified atom stereocenters. The van der Waals surface area contributed by atoms with Crippen LogP contribution in [0.2, 0.25) is 0 Å². The summed E-state index contributed by atoms with van der Waals surface area (Å²) in [5.74, 6) is -5.53. The average molecular weight is 323 g/mol. The molecule has 11 heteroatoms. The van der Waals surface area contributed by atoms with Crippen molar-refractivity contribution in [1.29, 1.82) is 0 Å². The summed E-state index contributed by atoms with van der Waals surface area (Å²) in [7, 11) is 0.890. The summed E-state index contributed by atoms with van der Waals surface area (Å²) >= 11 is 0. The third kappa shape index (κ3) is 4.10. The van der Waals surface area contributed by atoms with E-state index in [2.05, 4.69) is 4.98 Å². The van der Waals surface area contributed by atoms with E-state index in [1.165, 1.54) is 0 Å². The highest BCUT2D eigenvalue weighted by Crippen LogP contribution is 2.21. The minimum absolute atomic E-state index is 0.399. The van der Waals surface area contributed by atoms with E-state index < -0.39 is 44.4 Å². The van der Waals surface area contributed by atoms with Gasteiger partial charge in [0.1, 0.15) is 10.6 Å². The molecule has 1 aromatic rings. The van der Waals surface area contributed by atoms with E-state index in [-0.39, 0.29) is 0 Å². The summed E-state index contributed by atoms with van der Waals surface area (Å²) < 4.78 is 70.4. The van der Waals surface area contributed by atoms with Crippen LogP contribution in [-0.4, -0.2) is 38.2 Å². The predicted molar refractivity (Wildman–Crippen MR) is 57.1 cm³/mol. The van der Waals surface area contributed by atoms with Gasteiger partial charge in [0, 0.05) is 16.9 Å². The highest BCUT2D eigenvalue weighted by atomic mass is 35.7. The van der Waals surface area contributed by atoms with Gasteiger partial charge in [-0.05, 0) is 6.07 Å². The van der Waals surface area contributed by atoms with Gasteiger partial charge in [-0.15, -0.1) is 0 Å². The van der Waals surface area contributed by atoms with Gasteiger partial charge in [0.15, 0.2) is 0 Å². The molecule has 0 atom stereocenters. The lowest BCUT2D eigenvalue weighted by molar-refractivity contribution is -0.123. The average Bonchev–Trinajstić information content (AvgIpc) is 2.74. The number of carbonyl (C=O) groups excluding carboxylic acids is 1. The maximum atomic E-state index is 12.5. The number of aromatic amines is 1. The van der Waals surface area contributed by atoms with Crippen molar-refractivity contribution in [1.82, 2.24) is 10.3 Å². The van der Waals surface area contributed by atoms with Gasteiger partial charge in [0.05, 0.1) is 6.54 Å². The van der Waals surface area contributed by atoms with Crippen molar-refractivity contribution < 1.29 is 30.8 Å². The lowest BCUT2D eigenvalue weighted by Crippen LogP contribution is -2.41. The molecule has 19 heavy (non-hydrogen) atoms. The Labute approximate surface area is 109 Å². The van der Waals surface area contributed by atoms with Gasteiger partial charge in [-0.1, -0.05) is 0 Å². The minimum Gasteiger partial charge on any atom is -0.356 e. The molecule has 0 aliphatic rings. The Bertz CT molecular complexity index is 572. The van der Waals surface area contributed by atoms with E-state index in [1.54, 1.807) is 5.32 Å². The topological polar surface area (TPSA) is 79.0 Å². The monoisotopic (exact) mass is 322 g/mol. The van der Waals surface area contributed by atoms with Crippen LogP contribution in [0.15, 0.2) is 17.2 Å². The van der Waals surface area contributed by atoms with Gasteiger partial charge in [0.2, 0.25) is 0 Å². The first-order valence-electron chi connectivity index (χ1n) is 4.61. The first-order chi connectivity index (χ1) is 8.54. The number of carbonyl (C=O) groups is 1. The largest absolute Gasteiger partial charge is 0.356 e. The van der Waals surface area contributed by atoms with E-state index in [4.69, 9.17) is 10.7 Å². The zero-order valence-corrected chi connectivity index (χ0v) is 10.5. The predicted octanol–water partition coefficient (Wildman–Crippen LogP) is 1.57. The second-order valence-corrected chi connectivity index (χ2v) is 6.00. The van der Waals surface area contributed by atoms with Crippen LogP contribution in [0, 0.1) is 0 Å². The zero-order chi connectivity index (χ0) is 14.8. The van der Waals surface area contributed by atoms with Gasteiger partial charge in [0.25, 0.3) is 15.0 Å². The number of alkyl halides is 4. The summed E-state index contributed by atoms with van der Waals surface area (Å²) in [6.45, 7) is -1.58. The summed E-state index contributed by atoms with van der Waals surface area (Å²) in [6.07, 6.45) is -3.06. The molecule has 0 aliphatic heterocycles. The smallest absolute Gasteiger partial charge is 0.324 e. The van der Waals surface area contributed by atoms with Crippen molar-refractivity contribution in [3.63, 3.8) is 0 Å². The number of H-pyrrole nitrogens is 1.